The Labute approximate surface area is 105 Å². The van der Waals surface area contributed by atoms with E-state index >= 15 is 0 Å². The lowest BCUT2D eigenvalue weighted by molar-refractivity contribution is 0.00578. The molecule has 0 amide bonds. The standard InChI is InChI=1S/C14H23BO2/c1-12(2)13(3,4)17-15(16-12)11-7-6-8-14(5)9-10-14/h6-8,11H,9-10H2,1-5H3. The number of allylic oxidation sites excluding steroid dienone is 3. The van der Waals surface area contributed by atoms with E-state index in [2.05, 4.69) is 46.8 Å². The van der Waals surface area contributed by atoms with Gasteiger partial charge in [0.1, 0.15) is 0 Å². The average molecular weight is 234 g/mol. The normalized spacial score (nSPS) is 29.4. The number of hydrogen-bond donors (Lipinski definition) is 0. The number of rotatable bonds is 3. The second-order valence-electron chi connectivity index (χ2n) is 6.52. The summed E-state index contributed by atoms with van der Waals surface area (Å²) in [6.07, 6.45) is 9.04. The van der Waals surface area contributed by atoms with Gasteiger partial charge in [-0.25, -0.2) is 0 Å². The van der Waals surface area contributed by atoms with E-state index in [9.17, 15) is 0 Å². The molecule has 3 heteroatoms. The quantitative estimate of drug-likeness (QED) is 0.549. The zero-order chi connectivity index (χ0) is 12.7. The van der Waals surface area contributed by atoms with Gasteiger partial charge in [0.05, 0.1) is 11.2 Å². The average Bonchev–Trinajstić information content (AvgIpc) is 2.85. The Morgan fingerprint density at radius 3 is 1.88 bits per heavy atom. The largest absolute Gasteiger partial charge is 0.487 e. The Hall–Kier alpha value is -0.535. The summed E-state index contributed by atoms with van der Waals surface area (Å²) in [5.41, 5.74) is -0.0251. The van der Waals surface area contributed by atoms with Crippen molar-refractivity contribution >= 4 is 7.12 Å². The first-order valence-electron chi connectivity index (χ1n) is 6.46. The molecule has 0 spiro atoms. The predicted octanol–water partition coefficient (Wildman–Crippen LogP) is 3.53. The van der Waals surface area contributed by atoms with Gasteiger partial charge >= 0.3 is 7.12 Å². The van der Waals surface area contributed by atoms with Crippen LogP contribution in [0.3, 0.4) is 0 Å². The Morgan fingerprint density at radius 1 is 0.882 bits per heavy atom. The van der Waals surface area contributed by atoms with Gasteiger partial charge in [-0.2, -0.15) is 0 Å². The Kier molecular flexibility index (Phi) is 3.03. The molecule has 0 N–H and O–H groups in total. The monoisotopic (exact) mass is 234 g/mol. The molecular formula is C14H23BO2. The third kappa shape index (κ3) is 2.83. The van der Waals surface area contributed by atoms with Crippen LogP contribution in [-0.4, -0.2) is 18.3 Å². The second-order valence-corrected chi connectivity index (χ2v) is 6.52. The summed E-state index contributed by atoms with van der Waals surface area (Å²) < 4.78 is 11.7. The van der Waals surface area contributed by atoms with Gasteiger partial charge in [-0.05, 0) is 46.0 Å². The van der Waals surface area contributed by atoms with E-state index in [1.165, 1.54) is 12.8 Å². The molecule has 17 heavy (non-hydrogen) atoms. The molecule has 0 aromatic heterocycles. The predicted molar refractivity (Wildman–Crippen MR) is 71.7 cm³/mol. The minimum atomic E-state index is -0.242. The molecule has 2 fully saturated rings. The fraction of sp³-hybridized carbons (Fsp3) is 0.714. The molecule has 1 aliphatic carbocycles. The molecule has 0 aromatic carbocycles. The molecule has 2 nitrogen and oxygen atoms in total. The molecular weight excluding hydrogens is 211 g/mol. The Morgan fingerprint density at radius 2 is 1.41 bits per heavy atom. The van der Waals surface area contributed by atoms with Crippen molar-refractivity contribution in [3.8, 4) is 0 Å². The highest BCUT2D eigenvalue weighted by Crippen LogP contribution is 2.46. The highest BCUT2D eigenvalue weighted by atomic mass is 16.7. The van der Waals surface area contributed by atoms with E-state index in [0.717, 1.165) is 0 Å². The van der Waals surface area contributed by atoms with Crippen LogP contribution in [0, 0.1) is 5.41 Å². The summed E-state index contributed by atoms with van der Waals surface area (Å²) in [6.45, 7) is 10.6. The van der Waals surface area contributed by atoms with Crippen LogP contribution in [0.5, 0.6) is 0 Å². The molecule has 1 saturated carbocycles. The van der Waals surface area contributed by atoms with E-state index in [4.69, 9.17) is 9.31 Å². The van der Waals surface area contributed by atoms with E-state index in [0.29, 0.717) is 5.41 Å². The molecule has 0 bridgehead atoms. The van der Waals surface area contributed by atoms with Gasteiger partial charge in [0.15, 0.2) is 0 Å². The zero-order valence-corrected chi connectivity index (χ0v) is 11.6. The van der Waals surface area contributed by atoms with Crippen LogP contribution in [0.2, 0.25) is 0 Å². The third-order valence-electron chi connectivity index (χ3n) is 4.19. The van der Waals surface area contributed by atoms with Crippen LogP contribution < -0.4 is 0 Å². The van der Waals surface area contributed by atoms with Crippen molar-refractivity contribution in [1.82, 2.24) is 0 Å². The summed E-state index contributed by atoms with van der Waals surface area (Å²) in [4.78, 5) is 0. The summed E-state index contributed by atoms with van der Waals surface area (Å²) in [5, 5.41) is 0. The molecule has 2 rings (SSSR count). The molecule has 0 unspecified atom stereocenters. The molecule has 1 aliphatic heterocycles. The number of hydrogen-bond acceptors (Lipinski definition) is 2. The summed E-state index contributed by atoms with van der Waals surface area (Å²) >= 11 is 0. The highest BCUT2D eigenvalue weighted by Gasteiger charge is 2.49. The topological polar surface area (TPSA) is 18.5 Å². The fourth-order valence-electron chi connectivity index (χ4n) is 1.77. The summed E-state index contributed by atoms with van der Waals surface area (Å²) in [6, 6.07) is 0. The highest BCUT2D eigenvalue weighted by molar-refractivity contribution is 6.51. The van der Waals surface area contributed by atoms with E-state index in [1.807, 2.05) is 12.1 Å². The fourth-order valence-corrected chi connectivity index (χ4v) is 1.77. The summed E-state index contributed by atoms with van der Waals surface area (Å²) in [7, 11) is -0.225. The van der Waals surface area contributed by atoms with Crippen LogP contribution >= 0.6 is 0 Å². The van der Waals surface area contributed by atoms with E-state index < -0.39 is 0 Å². The lowest BCUT2D eigenvalue weighted by atomic mass is 9.90. The van der Waals surface area contributed by atoms with Gasteiger partial charge in [-0.3, -0.25) is 0 Å². The SMILES string of the molecule is CC1(C=CC=CB2OC(C)(C)C(C)(C)O2)CC1. The van der Waals surface area contributed by atoms with Crippen LogP contribution in [0.15, 0.2) is 24.2 Å². The molecule has 0 atom stereocenters. The summed E-state index contributed by atoms with van der Waals surface area (Å²) in [5.74, 6) is 1.98. The van der Waals surface area contributed by atoms with Gasteiger partial charge in [-0.1, -0.05) is 31.1 Å². The molecule has 1 heterocycles. The first-order valence-corrected chi connectivity index (χ1v) is 6.46. The molecule has 94 valence electrons. The molecule has 0 aromatic rings. The maximum absolute atomic E-state index is 5.87. The van der Waals surface area contributed by atoms with Crippen molar-refractivity contribution in [1.29, 1.82) is 0 Å². The van der Waals surface area contributed by atoms with Crippen LogP contribution in [0.4, 0.5) is 0 Å². The zero-order valence-electron chi connectivity index (χ0n) is 11.6. The van der Waals surface area contributed by atoms with Crippen LogP contribution in [0.25, 0.3) is 0 Å². The smallest absolute Gasteiger partial charge is 0.400 e. The maximum atomic E-state index is 5.87. The Balaban J connectivity index is 1.89. The van der Waals surface area contributed by atoms with Gasteiger partial charge in [0.2, 0.25) is 0 Å². The van der Waals surface area contributed by atoms with Crippen molar-refractivity contribution < 1.29 is 9.31 Å². The van der Waals surface area contributed by atoms with Crippen molar-refractivity contribution in [3.63, 3.8) is 0 Å². The van der Waals surface area contributed by atoms with Crippen molar-refractivity contribution in [2.24, 2.45) is 5.41 Å². The van der Waals surface area contributed by atoms with Crippen LogP contribution in [-0.2, 0) is 9.31 Å². The second kappa shape index (κ2) is 3.99. The van der Waals surface area contributed by atoms with Crippen LogP contribution in [0.1, 0.15) is 47.5 Å². The molecule has 1 saturated heterocycles. The Bertz CT molecular complexity index is 335. The maximum Gasteiger partial charge on any atom is 0.487 e. The lowest BCUT2D eigenvalue weighted by Gasteiger charge is -2.32. The molecule has 2 aliphatic rings. The third-order valence-corrected chi connectivity index (χ3v) is 4.19. The molecule has 0 radical (unpaired) electrons. The minimum Gasteiger partial charge on any atom is -0.400 e. The van der Waals surface area contributed by atoms with Crippen molar-refractivity contribution in [3.05, 3.63) is 24.2 Å². The van der Waals surface area contributed by atoms with E-state index in [1.54, 1.807) is 0 Å². The van der Waals surface area contributed by atoms with Gasteiger partial charge in [0.25, 0.3) is 0 Å². The van der Waals surface area contributed by atoms with E-state index in [-0.39, 0.29) is 18.3 Å². The first kappa shape index (κ1) is 12.9. The first-order chi connectivity index (χ1) is 7.74. The van der Waals surface area contributed by atoms with Gasteiger partial charge in [-0.15, -0.1) is 0 Å². The minimum absolute atomic E-state index is 0.225. The van der Waals surface area contributed by atoms with Crippen molar-refractivity contribution in [2.45, 2.75) is 58.7 Å². The lowest BCUT2D eigenvalue weighted by Crippen LogP contribution is -2.41. The van der Waals surface area contributed by atoms with Gasteiger partial charge in [0, 0.05) is 0 Å². The van der Waals surface area contributed by atoms with Gasteiger partial charge < -0.3 is 9.31 Å². The van der Waals surface area contributed by atoms with Crippen molar-refractivity contribution in [2.75, 3.05) is 0 Å².